The molecule has 3 rings (SSSR count). The molecular weight excluding hydrogens is 292 g/mol. The van der Waals surface area contributed by atoms with Gasteiger partial charge in [-0.3, -0.25) is 9.59 Å². The minimum Gasteiger partial charge on any atom is -0.382 e. The molecule has 21 heavy (non-hydrogen) atoms. The van der Waals surface area contributed by atoms with Crippen LogP contribution in [0.2, 0.25) is 0 Å². The minimum atomic E-state index is -0.277. The first-order valence-corrected chi connectivity index (χ1v) is 7.69. The molecule has 0 saturated carbocycles. The SMILES string of the molecule is Nc1nc(N2CCC(N)C2)sc1C(=O)NC1CNC(=O)C1. The van der Waals surface area contributed by atoms with Crippen LogP contribution in [0.1, 0.15) is 22.5 Å². The van der Waals surface area contributed by atoms with Crippen molar-refractivity contribution in [3.05, 3.63) is 4.88 Å². The molecule has 3 heterocycles. The molecule has 2 saturated heterocycles. The molecule has 1 aromatic heterocycles. The number of carbonyl (C=O) groups excluding carboxylic acids is 2. The van der Waals surface area contributed by atoms with Gasteiger partial charge >= 0.3 is 0 Å². The normalized spacial score (nSPS) is 25.2. The van der Waals surface area contributed by atoms with Gasteiger partial charge in [0.05, 0.1) is 6.04 Å². The van der Waals surface area contributed by atoms with Crippen molar-refractivity contribution in [2.45, 2.75) is 24.9 Å². The van der Waals surface area contributed by atoms with Crippen LogP contribution in [-0.4, -0.2) is 48.5 Å². The summed E-state index contributed by atoms with van der Waals surface area (Å²) in [5.74, 6) is -0.101. The van der Waals surface area contributed by atoms with E-state index in [0.717, 1.165) is 24.6 Å². The molecule has 2 atom stereocenters. The maximum absolute atomic E-state index is 12.2. The van der Waals surface area contributed by atoms with Gasteiger partial charge in [-0.15, -0.1) is 0 Å². The molecule has 114 valence electrons. The van der Waals surface area contributed by atoms with Crippen molar-refractivity contribution in [2.24, 2.45) is 5.73 Å². The Kier molecular flexibility index (Phi) is 3.68. The molecule has 9 heteroatoms. The fraction of sp³-hybridized carbons (Fsp3) is 0.583. The molecule has 2 fully saturated rings. The summed E-state index contributed by atoms with van der Waals surface area (Å²) < 4.78 is 0. The van der Waals surface area contributed by atoms with Crippen LogP contribution in [0.4, 0.5) is 10.9 Å². The fourth-order valence-corrected chi connectivity index (χ4v) is 3.46. The molecule has 1 aromatic rings. The van der Waals surface area contributed by atoms with Crippen molar-refractivity contribution in [1.82, 2.24) is 15.6 Å². The monoisotopic (exact) mass is 310 g/mol. The second kappa shape index (κ2) is 5.49. The molecule has 2 amide bonds. The number of nitrogens with two attached hydrogens (primary N) is 2. The quantitative estimate of drug-likeness (QED) is 0.560. The number of nitrogens with zero attached hydrogens (tertiary/aromatic N) is 2. The van der Waals surface area contributed by atoms with Crippen LogP contribution >= 0.6 is 11.3 Å². The Bertz CT molecular complexity index is 574. The van der Waals surface area contributed by atoms with Gasteiger partial charge in [0, 0.05) is 32.1 Å². The number of nitrogens with one attached hydrogen (secondary N) is 2. The molecule has 0 spiro atoms. The average molecular weight is 310 g/mol. The largest absolute Gasteiger partial charge is 0.382 e. The van der Waals surface area contributed by atoms with Crippen LogP contribution in [0.5, 0.6) is 0 Å². The van der Waals surface area contributed by atoms with E-state index in [1.54, 1.807) is 0 Å². The third kappa shape index (κ3) is 2.93. The highest BCUT2D eigenvalue weighted by atomic mass is 32.1. The highest BCUT2D eigenvalue weighted by Crippen LogP contribution is 2.30. The van der Waals surface area contributed by atoms with Gasteiger partial charge in [0.25, 0.3) is 5.91 Å². The van der Waals surface area contributed by atoms with E-state index in [9.17, 15) is 9.59 Å². The van der Waals surface area contributed by atoms with Gasteiger partial charge in [-0.1, -0.05) is 11.3 Å². The van der Waals surface area contributed by atoms with E-state index in [1.165, 1.54) is 11.3 Å². The molecule has 0 radical (unpaired) electrons. The van der Waals surface area contributed by atoms with Gasteiger partial charge in [0.15, 0.2) is 5.13 Å². The third-order valence-electron chi connectivity index (χ3n) is 3.66. The molecule has 0 aliphatic carbocycles. The summed E-state index contributed by atoms with van der Waals surface area (Å²) >= 11 is 1.27. The van der Waals surface area contributed by atoms with Gasteiger partial charge in [0.2, 0.25) is 5.91 Å². The summed E-state index contributed by atoms with van der Waals surface area (Å²) in [5.41, 5.74) is 11.7. The number of hydrogen-bond acceptors (Lipinski definition) is 7. The van der Waals surface area contributed by atoms with Crippen molar-refractivity contribution in [1.29, 1.82) is 0 Å². The predicted molar refractivity (Wildman–Crippen MR) is 80.2 cm³/mol. The van der Waals surface area contributed by atoms with Crippen molar-refractivity contribution < 1.29 is 9.59 Å². The van der Waals surface area contributed by atoms with Crippen molar-refractivity contribution in [3.8, 4) is 0 Å². The van der Waals surface area contributed by atoms with Crippen molar-refractivity contribution in [2.75, 3.05) is 30.3 Å². The van der Waals surface area contributed by atoms with Crippen LogP contribution in [0.3, 0.4) is 0 Å². The van der Waals surface area contributed by atoms with Crippen LogP contribution in [-0.2, 0) is 4.79 Å². The molecule has 2 aliphatic rings. The summed E-state index contributed by atoms with van der Waals surface area (Å²) in [4.78, 5) is 30.0. The summed E-state index contributed by atoms with van der Waals surface area (Å²) in [6.45, 7) is 2.02. The van der Waals surface area contributed by atoms with E-state index < -0.39 is 0 Å². The van der Waals surface area contributed by atoms with Crippen LogP contribution in [0.25, 0.3) is 0 Å². The van der Waals surface area contributed by atoms with Crippen molar-refractivity contribution >= 4 is 34.1 Å². The van der Waals surface area contributed by atoms with Gasteiger partial charge < -0.3 is 27.0 Å². The van der Waals surface area contributed by atoms with Crippen LogP contribution in [0.15, 0.2) is 0 Å². The predicted octanol–water partition coefficient (Wildman–Crippen LogP) is -1.12. The number of amides is 2. The molecule has 0 bridgehead atoms. The second-order valence-corrected chi connectivity index (χ2v) is 6.36. The lowest BCUT2D eigenvalue weighted by molar-refractivity contribution is -0.119. The zero-order valence-electron chi connectivity index (χ0n) is 11.5. The Morgan fingerprint density at radius 3 is 2.95 bits per heavy atom. The highest BCUT2D eigenvalue weighted by Gasteiger charge is 2.27. The third-order valence-corrected chi connectivity index (χ3v) is 4.79. The molecule has 6 N–H and O–H groups in total. The highest BCUT2D eigenvalue weighted by molar-refractivity contribution is 7.18. The van der Waals surface area contributed by atoms with Gasteiger partial charge in [-0.2, -0.15) is 0 Å². The molecule has 8 nitrogen and oxygen atoms in total. The summed E-state index contributed by atoms with van der Waals surface area (Å²) in [6.07, 6.45) is 1.22. The van der Waals surface area contributed by atoms with Gasteiger partial charge in [0.1, 0.15) is 10.7 Å². The first-order valence-electron chi connectivity index (χ1n) is 6.87. The van der Waals surface area contributed by atoms with Crippen molar-refractivity contribution in [3.63, 3.8) is 0 Å². The number of rotatable bonds is 3. The first kappa shape index (κ1) is 14.1. The molecule has 0 aromatic carbocycles. The standard InChI is InChI=1S/C12H18N6O2S/c13-6-1-2-18(5-6)12-17-10(14)9(21-12)11(20)16-7-3-8(19)15-4-7/h6-7H,1-5,13-14H2,(H,15,19)(H,16,20). The van der Waals surface area contributed by atoms with Gasteiger partial charge in [-0.25, -0.2) is 4.98 Å². The van der Waals surface area contributed by atoms with E-state index in [2.05, 4.69) is 15.6 Å². The smallest absolute Gasteiger partial charge is 0.265 e. The fourth-order valence-electron chi connectivity index (χ4n) is 2.54. The lowest BCUT2D eigenvalue weighted by Gasteiger charge is -2.13. The Balaban J connectivity index is 1.69. The molecule has 2 unspecified atom stereocenters. The molecule has 2 aliphatic heterocycles. The Morgan fingerprint density at radius 1 is 1.52 bits per heavy atom. The average Bonchev–Trinajstić information content (AvgIpc) is 3.11. The zero-order chi connectivity index (χ0) is 15.0. The topological polar surface area (TPSA) is 126 Å². The summed E-state index contributed by atoms with van der Waals surface area (Å²) in [5, 5.41) is 6.21. The Morgan fingerprint density at radius 2 is 2.33 bits per heavy atom. The number of nitrogen functional groups attached to an aromatic ring is 1. The summed E-state index contributed by atoms with van der Waals surface area (Å²) in [6, 6.07) is -0.0434. The zero-order valence-corrected chi connectivity index (χ0v) is 12.3. The van der Waals surface area contributed by atoms with E-state index in [1.807, 2.05) is 4.90 Å². The first-order chi connectivity index (χ1) is 10.0. The van der Waals surface area contributed by atoms with E-state index in [0.29, 0.717) is 17.8 Å². The lowest BCUT2D eigenvalue weighted by Crippen LogP contribution is -2.36. The maximum Gasteiger partial charge on any atom is 0.265 e. The second-order valence-electron chi connectivity index (χ2n) is 5.38. The van der Waals surface area contributed by atoms with Crippen LogP contribution in [0, 0.1) is 0 Å². The summed E-state index contributed by atoms with van der Waals surface area (Å²) in [7, 11) is 0. The Hall–Kier alpha value is -1.87. The number of aromatic nitrogens is 1. The van der Waals surface area contributed by atoms with E-state index in [4.69, 9.17) is 11.5 Å². The van der Waals surface area contributed by atoms with Gasteiger partial charge in [-0.05, 0) is 6.42 Å². The van der Waals surface area contributed by atoms with Crippen LogP contribution < -0.4 is 27.0 Å². The minimum absolute atomic E-state index is 0.0516. The lowest BCUT2D eigenvalue weighted by atomic mass is 10.2. The number of thiazole rings is 1. The Labute approximate surface area is 125 Å². The van der Waals surface area contributed by atoms with E-state index in [-0.39, 0.29) is 29.7 Å². The number of carbonyl (C=O) groups is 2. The number of anilines is 2. The number of hydrogen-bond donors (Lipinski definition) is 4. The molecular formula is C12H18N6O2S. The maximum atomic E-state index is 12.2. The van der Waals surface area contributed by atoms with E-state index >= 15 is 0 Å².